The molecule has 0 unspecified atom stereocenters. The highest BCUT2D eigenvalue weighted by molar-refractivity contribution is 5.92. The molecule has 0 spiro atoms. The van der Waals surface area contributed by atoms with E-state index in [9.17, 15) is 14.4 Å². The molecule has 0 radical (unpaired) electrons. The summed E-state index contributed by atoms with van der Waals surface area (Å²) in [6.45, 7) is 2.16. The van der Waals surface area contributed by atoms with Crippen LogP contribution in [0.25, 0.3) is 11.0 Å². The van der Waals surface area contributed by atoms with Gasteiger partial charge in [-0.1, -0.05) is 12.1 Å². The van der Waals surface area contributed by atoms with Gasteiger partial charge in [0.2, 0.25) is 5.91 Å². The molecule has 10 heteroatoms. The van der Waals surface area contributed by atoms with Gasteiger partial charge in [0.05, 0.1) is 23.8 Å². The quantitative estimate of drug-likeness (QED) is 0.554. The van der Waals surface area contributed by atoms with Crippen LogP contribution in [-0.2, 0) is 9.53 Å². The molecular formula is C23H28N6O4. The van der Waals surface area contributed by atoms with Crippen molar-refractivity contribution in [3.8, 4) is 0 Å². The fraction of sp³-hybridized carbons (Fsp3) is 0.435. The maximum absolute atomic E-state index is 12.9. The zero-order valence-electron chi connectivity index (χ0n) is 18.6. The Balaban J connectivity index is 1.34. The highest BCUT2D eigenvalue weighted by atomic mass is 16.5. The van der Waals surface area contributed by atoms with Crippen molar-refractivity contribution in [3.05, 3.63) is 59.0 Å². The van der Waals surface area contributed by atoms with E-state index < -0.39 is 0 Å². The third-order valence-electron chi connectivity index (χ3n) is 6.04. The number of piperidine rings is 1. The second-order valence-corrected chi connectivity index (χ2v) is 8.05. The number of hydrogen-bond acceptors (Lipinski definition) is 6. The van der Waals surface area contributed by atoms with Crippen molar-refractivity contribution in [2.24, 2.45) is 0 Å². The van der Waals surface area contributed by atoms with Crippen molar-refractivity contribution in [1.29, 1.82) is 0 Å². The number of carbonyl (C=O) groups excluding carboxylic acids is 2. The van der Waals surface area contributed by atoms with Crippen molar-refractivity contribution >= 4 is 22.8 Å². The highest BCUT2D eigenvalue weighted by Gasteiger charge is 2.27. The van der Waals surface area contributed by atoms with Crippen molar-refractivity contribution < 1.29 is 14.3 Å². The van der Waals surface area contributed by atoms with Crippen molar-refractivity contribution in [3.63, 3.8) is 0 Å². The molecule has 3 heterocycles. The zero-order valence-corrected chi connectivity index (χ0v) is 18.6. The topological polar surface area (TPSA) is 113 Å². The first kappa shape index (κ1) is 22.7. The first-order valence-corrected chi connectivity index (χ1v) is 11.1. The number of likely N-dealkylation sites (tertiary alicyclic amines) is 1. The Morgan fingerprint density at radius 2 is 1.97 bits per heavy atom. The Morgan fingerprint density at radius 1 is 1.18 bits per heavy atom. The Morgan fingerprint density at radius 3 is 2.70 bits per heavy atom. The Labute approximate surface area is 191 Å². The van der Waals surface area contributed by atoms with Crippen LogP contribution in [0.15, 0.2) is 47.7 Å². The van der Waals surface area contributed by atoms with Gasteiger partial charge in [-0.05, 0) is 25.0 Å². The van der Waals surface area contributed by atoms with Gasteiger partial charge in [-0.3, -0.25) is 19.1 Å². The fourth-order valence-corrected chi connectivity index (χ4v) is 4.29. The van der Waals surface area contributed by atoms with Crippen LogP contribution in [-0.4, -0.2) is 81.0 Å². The normalized spacial score (nSPS) is 14.5. The number of fused-ring (bicyclic) bond motifs is 1. The zero-order chi connectivity index (χ0) is 23.2. The number of H-pyrrole nitrogens is 1. The summed E-state index contributed by atoms with van der Waals surface area (Å²) in [6.07, 6.45) is 6.03. The van der Waals surface area contributed by atoms with Gasteiger partial charge in [-0.25, -0.2) is 9.78 Å². The number of aromatic amines is 1. The first-order chi connectivity index (χ1) is 16.1. The standard InChI is InChI=1S/C23H28N6O4/c1-33-15-14-28(22(31)19-16-24-9-10-25-19)13-8-21(30)27-11-6-17(7-12-27)29-20-5-3-2-4-18(20)26-23(29)32/h2-5,9-10,16-17H,6-8,11-15H2,1H3,(H,26,32). The molecule has 3 aromatic rings. The number of rotatable bonds is 8. The summed E-state index contributed by atoms with van der Waals surface area (Å²) in [5.74, 6) is -0.278. The number of para-hydroxylation sites is 2. The summed E-state index contributed by atoms with van der Waals surface area (Å²) >= 11 is 0. The van der Waals surface area contributed by atoms with Gasteiger partial charge in [0.1, 0.15) is 5.69 Å². The van der Waals surface area contributed by atoms with Gasteiger partial charge in [0, 0.05) is 58.1 Å². The smallest absolute Gasteiger partial charge is 0.326 e. The second-order valence-electron chi connectivity index (χ2n) is 8.05. The van der Waals surface area contributed by atoms with Crippen LogP contribution in [0.4, 0.5) is 0 Å². The summed E-state index contributed by atoms with van der Waals surface area (Å²) < 4.78 is 6.92. The predicted octanol–water partition coefficient (Wildman–Crippen LogP) is 1.46. The maximum atomic E-state index is 12.9. The SMILES string of the molecule is COCCN(CCC(=O)N1CCC(n2c(=O)[nH]c3ccccc32)CC1)C(=O)c1cnccn1. The molecule has 1 aliphatic rings. The number of hydrogen-bond donors (Lipinski definition) is 1. The number of nitrogens with zero attached hydrogens (tertiary/aromatic N) is 5. The van der Waals surface area contributed by atoms with Crippen molar-refractivity contribution in [2.45, 2.75) is 25.3 Å². The van der Waals surface area contributed by atoms with Gasteiger partial charge >= 0.3 is 5.69 Å². The Kier molecular flexibility index (Phi) is 7.13. The van der Waals surface area contributed by atoms with Crippen LogP contribution in [0.2, 0.25) is 0 Å². The average Bonchev–Trinajstić information content (AvgIpc) is 3.19. The number of carbonyl (C=O) groups is 2. The lowest BCUT2D eigenvalue weighted by Gasteiger charge is -2.33. The summed E-state index contributed by atoms with van der Waals surface area (Å²) in [6, 6.07) is 7.70. The third-order valence-corrected chi connectivity index (χ3v) is 6.04. The number of aromatic nitrogens is 4. The molecule has 2 amide bonds. The van der Waals surface area contributed by atoms with Crippen LogP contribution in [0, 0.1) is 0 Å². The summed E-state index contributed by atoms with van der Waals surface area (Å²) in [7, 11) is 1.57. The lowest BCUT2D eigenvalue weighted by Crippen LogP contribution is -2.42. The highest BCUT2D eigenvalue weighted by Crippen LogP contribution is 2.25. The molecule has 33 heavy (non-hydrogen) atoms. The largest absolute Gasteiger partial charge is 0.383 e. The van der Waals surface area contributed by atoms with E-state index in [0.717, 1.165) is 11.0 Å². The van der Waals surface area contributed by atoms with Crippen molar-refractivity contribution in [1.82, 2.24) is 29.3 Å². The minimum atomic E-state index is -0.273. The fourth-order valence-electron chi connectivity index (χ4n) is 4.29. The third kappa shape index (κ3) is 5.11. The molecule has 1 fully saturated rings. The minimum absolute atomic E-state index is 0.00548. The summed E-state index contributed by atoms with van der Waals surface area (Å²) in [5.41, 5.74) is 1.84. The number of amides is 2. The van der Waals surface area contributed by atoms with E-state index in [1.807, 2.05) is 33.7 Å². The molecule has 1 aliphatic heterocycles. The van der Waals surface area contributed by atoms with Crippen LogP contribution in [0.5, 0.6) is 0 Å². The lowest BCUT2D eigenvalue weighted by atomic mass is 10.0. The van der Waals surface area contributed by atoms with E-state index in [2.05, 4.69) is 15.0 Å². The lowest BCUT2D eigenvalue weighted by molar-refractivity contribution is -0.132. The number of ether oxygens (including phenoxy) is 1. The second kappa shape index (κ2) is 10.4. The summed E-state index contributed by atoms with van der Waals surface area (Å²) in [4.78, 5) is 52.4. The van der Waals surface area contributed by atoms with Crippen LogP contribution < -0.4 is 5.69 Å². The molecule has 1 saturated heterocycles. The van der Waals surface area contributed by atoms with Gasteiger partial charge < -0.3 is 19.5 Å². The summed E-state index contributed by atoms with van der Waals surface area (Å²) in [5, 5.41) is 0. The number of methoxy groups -OCH3 is 1. The van der Waals surface area contributed by atoms with Crippen LogP contribution in [0.3, 0.4) is 0 Å². The van der Waals surface area contributed by atoms with Crippen LogP contribution in [0.1, 0.15) is 35.8 Å². The molecule has 0 saturated carbocycles. The Bertz CT molecular complexity index is 1150. The Hall–Kier alpha value is -3.53. The number of imidazole rings is 1. The molecule has 1 N–H and O–H groups in total. The first-order valence-electron chi connectivity index (χ1n) is 11.1. The molecule has 1 aromatic carbocycles. The van der Waals surface area contributed by atoms with Gasteiger partial charge in [0.25, 0.3) is 5.91 Å². The van der Waals surface area contributed by atoms with Crippen LogP contribution >= 0.6 is 0 Å². The van der Waals surface area contributed by atoms with Gasteiger partial charge in [0.15, 0.2) is 0 Å². The number of benzene rings is 1. The monoisotopic (exact) mass is 452 g/mol. The van der Waals surface area contributed by atoms with E-state index in [0.29, 0.717) is 39.1 Å². The molecule has 0 atom stereocenters. The maximum Gasteiger partial charge on any atom is 0.326 e. The molecule has 0 aliphatic carbocycles. The van der Waals surface area contributed by atoms with Crippen molar-refractivity contribution in [2.75, 3.05) is 39.9 Å². The number of nitrogens with one attached hydrogen (secondary N) is 1. The van der Waals surface area contributed by atoms with E-state index in [1.54, 1.807) is 12.0 Å². The molecule has 0 bridgehead atoms. The molecule has 10 nitrogen and oxygen atoms in total. The van der Waals surface area contributed by atoms with E-state index in [-0.39, 0.29) is 42.2 Å². The van der Waals surface area contributed by atoms with E-state index >= 15 is 0 Å². The van der Waals surface area contributed by atoms with E-state index in [4.69, 9.17) is 4.74 Å². The van der Waals surface area contributed by atoms with E-state index in [1.165, 1.54) is 18.6 Å². The van der Waals surface area contributed by atoms with Gasteiger partial charge in [-0.2, -0.15) is 0 Å². The average molecular weight is 453 g/mol. The molecule has 4 rings (SSSR count). The molecular weight excluding hydrogens is 424 g/mol. The molecule has 2 aromatic heterocycles. The van der Waals surface area contributed by atoms with Gasteiger partial charge in [-0.15, -0.1) is 0 Å². The minimum Gasteiger partial charge on any atom is -0.383 e. The predicted molar refractivity (Wildman–Crippen MR) is 122 cm³/mol. The molecule has 174 valence electrons.